The van der Waals surface area contributed by atoms with Gasteiger partial charge in [0.25, 0.3) is 0 Å². The summed E-state index contributed by atoms with van der Waals surface area (Å²) in [6.45, 7) is 6.66. The van der Waals surface area contributed by atoms with Crippen LogP contribution >= 0.6 is 0 Å². The minimum atomic E-state index is -0.685. The van der Waals surface area contributed by atoms with Crippen molar-refractivity contribution in [1.82, 2.24) is 5.32 Å². The molecule has 0 spiro atoms. The molecule has 3 nitrogen and oxygen atoms in total. The Balaban J connectivity index is 2.45. The highest BCUT2D eigenvalue weighted by molar-refractivity contribution is 5.73. The monoisotopic (exact) mass is 255 g/mol. The van der Waals surface area contributed by atoms with E-state index in [2.05, 4.69) is 26.1 Å². The van der Waals surface area contributed by atoms with Gasteiger partial charge in [0.05, 0.1) is 0 Å². The lowest BCUT2D eigenvalue weighted by atomic mass is 9.79. The van der Waals surface area contributed by atoms with E-state index in [0.29, 0.717) is 12.0 Å². The molecule has 1 aliphatic rings. The minimum Gasteiger partial charge on any atom is -0.480 e. The lowest BCUT2D eigenvalue weighted by Crippen LogP contribution is -2.45. The molecule has 3 atom stereocenters. The molecule has 0 saturated heterocycles. The molecule has 3 heteroatoms. The highest BCUT2D eigenvalue weighted by Crippen LogP contribution is 2.30. The van der Waals surface area contributed by atoms with Gasteiger partial charge in [-0.2, -0.15) is 0 Å². The first-order valence-corrected chi connectivity index (χ1v) is 7.53. The summed E-state index contributed by atoms with van der Waals surface area (Å²) in [5.74, 6) is 0.792. The summed E-state index contributed by atoms with van der Waals surface area (Å²) in [5.41, 5.74) is 0. The van der Waals surface area contributed by atoms with Gasteiger partial charge in [-0.15, -0.1) is 0 Å². The molecule has 1 rings (SSSR count). The number of carboxylic acid groups (broad SMARTS) is 1. The Morgan fingerprint density at radius 1 is 1.39 bits per heavy atom. The van der Waals surface area contributed by atoms with Crippen molar-refractivity contribution in [2.24, 2.45) is 11.8 Å². The summed E-state index contributed by atoms with van der Waals surface area (Å²) in [4.78, 5) is 11.2. The molecule has 0 bridgehead atoms. The number of hydrogen-bond donors (Lipinski definition) is 2. The lowest BCUT2D eigenvalue weighted by molar-refractivity contribution is -0.140. The van der Waals surface area contributed by atoms with Gasteiger partial charge >= 0.3 is 5.97 Å². The van der Waals surface area contributed by atoms with Crippen molar-refractivity contribution < 1.29 is 9.90 Å². The zero-order valence-corrected chi connectivity index (χ0v) is 12.1. The molecule has 18 heavy (non-hydrogen) atoms. The van der Waals surface area contributed by atoms with Gasteiger partial charge < -0.3 is 10.4 Å². The summed E-state index contributed by atoms with van der Waals surface area (Å²) in [5, 5.41) is 12.6. The van der Waals surface area contributed by atoms with Crippen LogP contribution in [-0.4, -0.2) is 23.2 Å². The molecule has 2 N–H and O–H groups in total. The molecule has 1 fully saturated rings. The largest absolute Gasteiger partial charge is 0.480 e. The number of aliphatic carboxylic acids is 1. The van der Waals surface area contributed by atoms with Gasteiger partial charge in [-0.3, -0.25) is 4.79 Å². The van der Waals surface area contributed by atoms with E-state index in [4.69, 9.17) is 0 Å². The summed E-state index contributed by atoms with van der Waals surface area (Å²) < 4.78 is 0. The first-order valence-electron chi connectivity index (χ1n) is 7.53. The summed E-state index contributed by atoms with van der Waals surface area (Å²) in [6, 6.07) is 0.0602. The average Bonchev–Trinajstić information content (AvgIpc) is 2.34. The topological polar surface area (TPSA) is 49.3 Å². The van der Waals surface area contributed by atoms with E-state index in [1.807, 2.05) is 0 Å². The molecule has 0 amide bonds. The standard InChI is InChI=1S/C15H29NO2/c1-4-5-9-14(15(17)18)16-13-8-6-7-12(10-13)11(2)3/h11-14,16H,4-10H2,1-3H3,(H,17,18). The van der Waals surface area contributed by atoms with Gasteiger partial charge in [0.2, 0.25) is 0 Å². The maximum Gasteiger partial charge on any atom is 0.320 e. The van der Waals surface area contributed by atoms with Crippen molar-refractivity contribution in [3.8, 4) is 0 Å². The van der Waals surface area contributed by atoms with Gasteiger partial charge in [0, 0.05) is 6.04 Å². The number of unbranched alkanes of at least 4 members (excludes halogenated alkanes) is 1. The second-order valence-electron chi connectivity index (χ2n) is 6.07. The van der Waals surface area contributed by atoms with Crippen molar-refractivity contribution in [3.63, 3.8) is 0 Å². The van der Waals surface area contributed by atoms with Crippen LogP contribution in [0, 0.1) is 11.8 Å². The molecule has 0 aromatic rings. The summed E-state index contributed by atoms with van der Waals surface area (Å²) in [6.07, 6.45) is 7.64. The van der Waals surface area contributed by atoms with E-state index in [1.165, 1.54) is 12.8 Å². The molecule has 0 aromatic carbocycles. The quantitative estimate of drug-likeness (QED) is 0.732. The van der Waals surface area contributed by atoms with E-state index >= 15 is 0 Å². The zero-order valence-electron chi connectivity index (χ0n) is 12.1. The van der Waals surface area contributed by atoms with Crippen LogP contribution < -0.4 is 5.32 Å². The molecular weight excluding hydrogens is 226 g/mol. The van der Waals surface area contributed by atoms with Gasteiger partial charge in [-0.25, -0.2) is 0 Å². The Kier molecular flexibility index (Phi) is 6.69. The Morgan fingerprint density at radius 3 is 2.67 bits per heavy atom. The SMILES string of the molecule is CCCCC(NC1CCCC(C(C)C)C1)C(=O)O. The fourth-order valence-electron chi connectivity index (χ4n) is 2.96. The van der Waals surface area contributed by atoms with E-state index in [-0.39, 0.29) is 6.04 Å². The van der Waals surface area contributed by atoms with Crippen molar-refractivity contribution in [1.29, 1.82) is 0 Å². The number of hydrogen-bond acceptors (Lipinski definition) is 2. The van der Waals surface area contributed by atoms with Crippen LogP contribution in [0.15, 0.2) is 0 Å². The van der Waals surface area contributed by atoms with Gasteiger partial charge in [0.15, 0.2) is 0 Å². The fourth-order valence-corrected chi connectivity index (χ4v) is 2.96. The Hall–Kier alpha value is -0.570. The van der Waals surface area contributed by atoms with Crippen LogP contribution in [0.5, 0.6) is 0 Å². The van der Waals surface area contributed by atoms with Crippen LogP contribution in [0.3, 0.4) is 0 Å². The molecule has 0 aromatic heterocycles. The van der Waals surface area contributed by atoms with Crippen LogP contribution in [0.4, 0.5) is 0 Å². The maximum absolute atomic E-state index is 11.2. The lowest BCUT2D eigenvalue weighted by Gasteiger charge is -2.33. The normalized spacial score (nSPS) is 26.2. The summed E-state index contributed by atoms with van der Waals surface area (Å²) >= 11 is 0. The minimum absolute atomic E-state index is 0.346. The molecule has 1 saturated carbocycles. The van der Waals surface area contributed by atoms with E-state index < -0.39 is 5.97 Å². The molecule has 3 unspecified atom stereocenters. The second kappa shape index (κ2) is 7.78. The fraction of sp³-hybridized carbons (Fsp3) is 0.933. The van der Waals surface area contributed by atoms with Crippen molar-refractivity contribution in [3.05, 3.63) is 0 Å². The maximum atomic E-state index is 11.2. The smallest absolute Gasteiger partial charge is 0.320 e. The van der Waals surface area contributed by atoms with Crippen LogP contribution in [-0.2, 0) is 4.79 Å². The molecule has 1 aliphatic carbocycles. The van der Waals surface area contributed by atoms with Gasteiger partial charge in [-0.1, -0.05) is 46.5 Å². The van der Waals surface area contributed by atoms with Gasteiger partial charge in [0.1, 0.15) is 6.04 Å². The first kappa shape index (κ1) is 15.5. The van der Waals surface area contributed by atoms with Crippen LogP contribution in [0.1, 0.15) is 65.7 Å². The van der Waals surface area contributed by atoms with Crippen molar-refractivity contribution in [2.45, 2.75) is 77.8 Å². The highest BCUT2D eigenvalue weighted by Gasteiger charge is 2.27. The third-order valence-electron chi connectivity index (χ3n) is 4.24. The van der Waals surface area contributed by atoms with Crippen molar-refractivity contribution in [2.75, 3.05) is 0 Å². The number of nitrogens with one attached hydrogen (secondary N) is 1. The number of rotatable bonds is 7. The Labute approximate surface area is 111 Å². The second-order valence-corrected chi connectivity index (χ2v) is 6.07. The predicted octanol–water partition coefficient (Wildman–Crippen LogP) is 3.43. The molecule has 0 aliphatic heterocycles. The van der Waals surface area contributed by atoms with E-state index in [9.17, 15) is 9.90 Å². The Bertz CT molecular complexity index is 253. The Morgan fingerprint density at radius 2 is 2.11 bits per heavy atom. The van der Waals surface area contributed by atoms with Crippen LogP contribution in [0.2, 0.25) is 0 Å². The molecule has 0 heterocycles. The summed E-state index contributed by atoms with van der Waals surface area (Å²) in [7, 11) is 0. The first-order chi connectivity index (χ1) is 8.54. The number of carbonyl (C=O) groups is 1. The van der Waals surface area contributed by atoms with Crippen LogP contribution in [0.25, 0.3) is 0 Å². The van der Waals surface area contributed by atoms with E-state index in [1.54, 1.807) is 0 Å². The molecule has 0 radical (unpaired) electrons. The highest BCUT2D eigenvalue weighted by atomic mass is 16.4. The zero-order chi connectivity index (χ0) is 13.5. The average molecular weight is 255 g/mol. The van der Waals surface area contributed by atoms with Gasteiger partial charge in [-0.05, 0) is 31.1 Å². The molecule has 106 valence electrons. The number of carboxylic acids is 1. The third-order valence-corrected chi connectivity index (χ3v) is 4.24. The molecular formula is C15H29NO2. The van der Waals surface area contributed by atoms with Crippen molar-refractivity contribution >= 4 is 5.97 Å². The predicted molar refractivity (Wildman–Crippen MR) is 74.7 cm³/mol. The third kappa shape index (κ3) is 4.97. The van der Waals surface area contributed by atoms with E-state index in [0.717, 1.165) is 38.0 Å².